The highest BCUT2D eigenvalue weighted by Crippen LogP contribution is 2.32. The molecule has 116 valence electrons. The summed E-state index contributed by atoms with van der Waals surface area (Å²) in [4.78, 5) is 25.5. The fourth-order valence-electron chi connectivity index (χ4n) is 2.77. The van der Waals surface area contributed by atoms with Crippen molar-refractivity contribution in [1.29, 1.82) is 0 Å². The zero-order valence-corrected chi connectivity index (χ0v) is 12.8. The van der Waals surface area contributed by atoms with E-state index in [1.165, 1.54) is 32.1 Å². The molecule has 0 unspecified atom stereocenters. The number of hydrogen-bond acceptors (Lipinski definition) is 3. The number of amides is 2. The molecule has 6 heteroatoms. The largest absolute Gasteiger partial charge is 0.346 e. The molecule has 2 aliphatic carbocycles. The van der Waals surface area contributed by atoms with E-state index in [0.29, 0.717) is 12.0 Å². The van der Waals surface area contributed by atoms with Gasteiger partial charge < -0.3 is 16.0 Å². The van der Waals surface area contributed by atoms with Gasteiger partial charge >= 0.3 is 0 Å². The molecule has 3 N–H and O–H groups in total. The average Bonchev–Trinajstić information content (AvgIpc) is 3.26. The number of nitrogens with zero attached hydrogens (tertiary/aromatic N) is 1. The lowest BCUT2D eigenvalue weighted by Gasteiger charge is -2.34. The van der Waals surface area contributed by atoms with Gasteiger partial charge in [0.25, 0.3) is 0 Å². The van der Waals surface area contributed by atoms with Crippen LogP contribution in [0.2, 0.25) is 0 Å². The maximum atomic E-state index is 12.3. The Morgan fingerprint density at radius 2 is 1.75 bits per heavy atom. The van der Waals surface area contributed by atoms with Gasteiger partial charge in [-0.1, -0.05) is 19.3 Å². The zero-order valence-electron chi connectivity index (χ0n) is 12.0. The molecule has 0 aromatic carbocycles. The van der Waals surface area contributed by atoms with E-state index >= 15 is 0 Å². The van der Waals surface area contributed by atoms with Crippen LogP contribution in [0.3, 0.4) is 0 Å². The molecule has 2 aliphatic rings. The van der Waals surface area contributed by atoms with Gasteiger partial charge in [-0.25, -0.2) is 0 Å². The Hall–Kier alpha value is -0.810. The molecule has 0 heterocycles. The van der Waals surface area contributed by atoms with E-state index in [0.717, 1.165) is 19.4 Å². The molecule has 0 spiro atoms. The normalized spacial score (nSPS) is 19.1. The maximum Gasteiger partial charge on any atom is 0.242 e. The van der Waals surface area contributed by atoms with E-state index in [-0.39, 0.29) is 37.3 Å². The molecule has 0 radical (unpaired) electrons. The molecular formula is C14H26ClN3O2. The third-order valence-corrected chi connectivity index (χ3v) is 4.11. The van der Waals surface area contributed by atoms with Crippen molar-refractivity contribution in [2.24, 2.45) is 11.7 Å². The van der Waals surface area contributed by atoms with Gasteiger partial charge in [-0.3, -0.25) is 9.59 Å². The van der Waals surface area contributed by atoms with Gasteiger partial charge in [-0.15, -0.1) is 12.4 Å². The molecule has 20 heavy (non-hydrogen) atoms. The van der Waals surface area contributed by atoms with Crippen LogP contribution in [0, 0.1) is 5.92 Å². The quantitative estimate of drug-likeness (QED) is 0.770. The van der Waals surface area contributed by atoms with Gasteiger partial charge in [-0.05, 0) is 31.6 Å². The van der Waals surface area contributed by atoms with Crippen LogP contribution in [0.5, 0.6) is 0 Å². The summed E-state index contributed by atoms with van der Waals surface area (Å²) in [6.45, 7) is 0.917. The SMILES string of the molecule is Cl.NCC(=O)NCC(=O)N(CC1CC1)C1CCCCC1. The Morgan fingerprint density at radius 3 is 2.30 bits per heavy atom. The highest BCUT2D eigenvalue weighted by Gasteiger charge is 2.31. The Kier molecular flexibility index (Phi) is 7.30. The van der Waals surface area contributed by atoms with Gasteiger partial charge in [0.05, 0.1) is 13.1 Å². The average molecular weight is 304 g/mol. The smallest absolute Gasteiger partial charge is 0.242 e. The fourth-order valence-corrected chi connectivity index (χ4v) is 2.77. The van der Waals surface area contributed by atoms with Crippen molar-refractivity contribution in [3.8, 4) is 0 Å². The van der Waals surface area contributed by atoms with Gasteiger partial charge in [-0.2, -0.15) is 0 Å². The summed E-state index contributed by atoms with van der Waals surface area (Å²) in [6, 6.07) is 0.386. The summed E-state index contributed by atoms with van der Waals surface area (Å²) >= 11 is 0. The number of carbonyl (C=O) groups excluding carboxylic acids is 2. The molecule has 0 saturated heterocycles. The van der Waals surface area contributed by atoms with Gasteiger partial charge in [0.1, 0.15) is 0 Å². The van der Waals surface area contributed by atoms with E-state index < -0.39 is 0 Å². The second-order valence-electron chi connectivity index (χ2n) is 5.76. The summed E-state index contributed by atoms with van der Waals surface area (Å²) in [6.07, 6.45) is 8.43. The van der Waals surface area contributed by atoms with Crippen molar-refractivity contribution in [2.45, 2.75) is 51.0 Å². The van der Waals surface area contributed by atoms with E-state index in [2.05, 4.69) is 5.32 Å². The van der Waals surface area contributed by atoms with Gasteiger partial charge in [0, 0.05) is 12.6 Å². The fraction of sp³-hybridized carbons (Fsp3) is 0.857. The molecule has 2 fully saturated rings. The number of nitrogens with two attached hydrogens (primary N) is 1. The summed E-state index contributed by atoms with van der Waals surface area (Å²) in [5.74, 6) is 0.486. The third kappa shape index (κ3) is 5.29. The van der Waals surface area contributed by atoms with E-state index in [9.17, 15) is 9.59 Å². The maximum absolute atomic E-state index is 12.3. The van der Waals surface area contributed by atoms with Crippen LogP contribution < -0.4 is 11.1 Å². The van der Waals surface area contributed by atoms with Crippen molar-refractivity contribution in [2.75, 3.05) is 19.6 Å². The second kappa shape index (κ2) is 8.47. The Balaban J connectivity index is 0.00000200. The van der Waals surface area contributed by atoms with Crippen molar-refractivity contribution in [1.82, 2.24) is 10.2 Å². The van der Waals surface area contributed by atoms with Crippen molar-refractivity contribution in [3.05, 3.63) is 0 Å². The monoisotopic (exact) mass is 303 g/mol. The molecule has 2 saturated carbocycles. The zero-order chi connectivity index (χ0) is 13.7. The first-order valence-electron chi connectivity index (χ1n) is 7.47. The predicted molar refractivity (Wildman–Crippen MR) is 80.6 cm³/mol. The van der Waals surface area contributed by atoms with Crippen LogP contribution in [0.25, 0.3) is 0 Å². The molecule has 2 rings (SSSR count). The third-order valence-electron chi connectivity index (χ3n) is 4.11. The van der Waals surface area contributed by atoms with Crippen LogP contribution in [0.4, 0.5) is 0 Å². The highest BCUT2D eigenvalue weighted by molar-refractivity contribution is 5.86. The van der Waals surface area contributed by atoms with E-state index in [1.807, 2.05) is 4.90 Å². The summed E-state index contributed by atoms with van der Waals surface area (Å²) in [5.41, 5.74) is 5.23. The van der Waals surface area contributed by atoms with Gasteiger partial charge in [0.2, 0.25) is 11.8 Å². The highest BCUT2D eigenvalue weighted by atomic mass is 35.5. The van der Waals surface area contributed by atoms with E-state index in [4.69, 9.17) is 5.73 Å². The lowest BCUT2D eigenvalue weighted by molar-refractivity contribution is -0.135. The first kappa shape index (κ1) is 17.2. The lowest BCUT2D eigenvalue weighted by Crippen LogP contribution is -2.48. The standard InChI is InChI=1S/C14H25N3O2.ClH/c15-8-13(18)16-9-14(19)17(10-11-6-7-11)12-4-2-1-3-5-12;/h11-12H,1-10,15H2,(H,16,18);1H. The molecule has 0 aliphatic heterocycles. The van der Waals surface area contributed by atoms with Crippen LogP contribution in [0.1, 0.15) is 44.9 Å². The van der Waals surface area contributed by atoms with Crippen molar-refractivity contribution >= 4 is 24.2 Å². The predicted octanol–water partition coefficient (Wildman–Crippen LogP) is 1.05. The number of halogens is 1. The molecule has 2 amide bonds. The van der Waals surface area contributed by atoms with Crippen LogP contribution in [-0.4, -0.2) is 42.4 Å². The number of carbonyl (C=O) groups is 2. The van der Waals surface area contributed by atoms with Gasteiger partial charge in [0.15, 0.2) is 0 Å². The summed E-state index contributed by atoms with van der Waals surface area (Å²) < 4.78 is 0. The number of rotatable bonds is 6. The Bertz CT molecular complexity index is 328. The van der Waals surface area contributed by atoms with Crippen molar-refractivity contribution < 1.29 is 9.59 Å². The van der Waals surface area contributed by atoms with Crippen LogP contribution in [-0.2, 0) is 9.59 Å². The minimum absolute atomic E-state index is 0. The first-order valence-corrected chi connectivity index (χ1v) is 7.47. The Labute approximate surface area is 127 Å². The molecule has 0 aromatic heterocycles. The molecular weight excluding hydrogens is 278 g/mol. The number of nitrogens with one attached hydrogen (secondary N) is 1. The Morgan fingerprint density at radius 1 is 1.10 bits per heavy atom. The molecule has 0 bridgehead atoms. The molecule has 0 aromatic rings. The lowest BCUT2D eigenvalue weighted by atomic mass is 9.94. The van der Waals surface area contributed by atoms with Crippen LogP contribution in [0.15, 0.2) is 0 Å². The topological polar surface area (TPSA) is 75.4 Å². The molecule has 5 nitrogen and oxygen atoms in total. The summed E-state index contributed by atoms with van der Waals surface area (Å²) in [7, 11) is 0. The minimum Gasteiger partial charge on any atom is -0.346 e. The van der Waals surface area contributed by atoms with E-state index in [1.54, 1.807) is 0 Å². The second-order valence-corrected chi connectivity index (χ2v) is 5.76. The minimum atomic E-state index is -0.261. The molecule has 0 atom stereocenters. The first-order chi connectivity index (χ1) is 9.20. The van der Waals surface area contributed by atoms with Crippen LogP contribution >= 0.6 is 12.4 Å². The number of hydrogen-bond donors (Lipinski definition) is 2. The summed E-state index contributed by atoms with van der Waals surface area (Å²) in [5, 5.41) is 2.59. The van der Waals surface area contributed by atoms with Crippen molar-refractivity contribution in [3.63, 3.8) is 0 Å².